The number of fused-ring (bicyclic) bond motifs is 1. The van der Waals surface area contributed by atoms with Crippen molar-refractivity contribution in [3.63, 3.8) is 0 Å². The number of urea groups is 1. The minimum absolute atomic E-state index is 0.167. The summed E-state index contributed by atoms with van der Waals surface area (Å²) in [7, 11) is 0. The molecule has 2 aliphatic heterocycles. The number of hydrogen-bond donors (Lipinski definition) is 0. The number of aryl methyl sites for hydroxylation is 1. The van der Waals surface area contributed by atoms with Gasteiger partial charge in [0.15, 0.2) is 0 Å². The van der Waals surface area contributed by atoms with Gasteiger partial charge in [-0.15, -0.1) is 11.8 Å². The molecule has 6 heteroatoms. The highest BCUT2D eigenvalue weighted by molar-refractivity contribution is 8.03. The first-order valence-electron chi connectivity index (χ1n) is 9.16. The zero-order valence-electron chi connectivity index (χ0n) is 16.0. The molecule has 2 atom stereocenters. The number of hydrogen-bond acceptors (Lipinski definition) is 3. The van der Waals surface area contributed by atoms with Gasteiger partial charge in [0.25, 0.3) is 0 Å². The fourth-order valence-electron chi connectivity index (χ4n) is 3.67. The van der Waals surface area contributed by atoms with Crippen molar-refractivity contribution in [1.82, 2.24) is 4.90 Å². The Hall–Kier alpha value is -2.24. The average molecular weight is 413 g/mol. The van der Waals surface area contributed by atoms with Crippen molar-refractivity contribution in [1.29, 1.82) is 0 Å². The summed E-state index contributed by atoms with van der Waals surface area (Å²) in [4.78, 5) is 30.9. The van der Waals surface area contributed by atoms with Crippen molar-refractivity contribution in [2.45, 2.75) is 32.7 Å². The average Bonchev–Trinajstić information content (AvgIpc) is 2.97. The summed E-state index contributed by atoms with van der Waals surface area (Å²) < 4.78 is 0. The van der Waals surface area contributed by atoms with E-state index in [4.69, 9.17) is 11.6 Å². The fraction of sp³-hybridized carbons (Fsp3) is 0.273. The number of nitrogens with zero attached hydrogens (tertiary/aromatic N) is 2. The Morgan fingerprint density at radius 3 is 2.25 bits per heavy atom. The van der Waals surface area contributed by atoms with Crippen molar-refractivity contribution in [3.8, 4) is 0 Å². The summed E-state index contributed by atoms with van der Waals surface area (Å²) >= 11 is 7.61. The van der Waals surface area contributed by atoms with Crippen LogP contribution in [0.15, 0.2) is 59.0 Å². The molecule has 0 saturated carbocycles. The summed E-state index contributed by atoms with van der Waals surface area (Å²) in [6, 6.07) is 14.7. The smallest absolute Gasteiger partial charge is 0.306 e. The van der Waals surface area contributed by atoms with Crippen LogP contribution in [0.2, 0.25) is 5.02 Å². The fourth-order valence-corrected chi connectivity index (χ4v) is 5.22. The molecule has 2 aromatic carbocycles. The number of anilines is 1. The standard InChI is InChI=1S/C22H21ClN2O2S/c1-13-4-6-16(7-5-13)12-24-21-19(14(2)15(3)28-21)20(26)25(22(24)27)18-10-8-17(23)9-11-18/h4-11,19,21H,12H2,1-3H3. The second-order valence-corrected chi connectivity index (χ2v) is 9.04. The monoisotopic (exact) mass is 412 g/mol. The quantitative estimate of drug-likeness (QED) is 0.658. The third-order valence-corrected chi connectivity index (χ3v) is 7.09. The molecule has 4 rings (SSSR count). The highest BCUT2D eigenvalue weighted by Crippen LogP contribution is 2.47. The molecule has 144 valence electrons. The van der Waals surface area contributed by atoms with Gasteiger partial charge in [-0.2, -0.15) is 0 Å². The van der Waals surface area contributed by atoms with Gasteiger partial charge in [-0.1, -0.05) is 41.4 Å². The number of carbonyl (C=O) groups is 2. The summed E-state index contributed by atoms with van der Waals surface area (Å²) in [6.07, 6.45) is 0. The van der Waals surface area contributed by atoms with Crippen LogP contribution in [0.3, 0.4) is 0 Å². The first kappa shape index (κ1) is 19.1. The molecule has 1 fully saturated rings. The van der Waals surface area contributed by atoms with Crippen LogP contribution < -0.4 is 4.90 Å². The Labute approximate surface area is 174 Å². The third kappa shape index (κ3) is 3.23. The van der Waals surface area contributed by atoms with Crippen molar-refractivity contribution < 1.29 is 9.59 Å². The van der Waals surface area contributed by atoms with Gasteiger partial charge in [-0.3, -0.25) is 4.79 Å². The van der Waals surface area contributed by atoms with Crippen molar-refractivity contribution >= 4 is 41.0 Å². The van der Waals surface area contributed by atoms with E-state index in [1.807, 2.05) is 49.9 Å². The van der Waals surface area contributed by atoms with Crippen LogP contribution in [0, 0.1) is 12.8 Å². The normalized spacial score (nSPS) is 22.1. The van der Waals surface area contributed by atoms with E-state index in [0.29, 0.717) is 17.3 Å². The number of halogens is 1. The molecule has 4 nitrogen and oxygen atoms in total. The molecule has 1 saturated heterocycles. The van der Waals surface area contributed by atoms with E-state index >= 15 is 0 Å². The Kier molecular flexibility index (Phi) is 4.98. The Bertz CT molecular complexity index is 969. The number of rotatable bonds is 3. The molecule has 0 aromatic heterocycles. The van der Waals surface area contributed by atoms with Gasteiger partial charge in [-0.05, 0) is 61.1 Å². The lowest BCUT2D eigenvalue weighted by Crippen LogP contribution is -2.59. The number of thioether (sulfide) groups is 1. The molecule has 28 heavy (non-hydrogen) atoms. The Balaban J connectivity index is 1.74. The molecule has 0 aliphatic carbocycles. The van der Waals surface area contributed by atoms with Gasteiger partial charge < -0.3 is 4.90 Å². The molecular weight excluding hydrogens is 392 g/mol. The lowest BCUT2D eigenvalue weighted by atomic mass is 9.95. The lowest BCUT2D eigenvalue weighted by molar-refractivity contribution is -0.122. The van der Waals surface area contributed by atoms with Crippen LogP contribution >= 0.6 is 23.4 Å². The predicted octanol–water partition coefficient (Wildman–Crippen LogP) is 5.60. The van der Waals surface area contributed by atoms with Gasteiger partial charge in [0, 0.05) is 11.6 Å². The number of amides is 3. The van der Waals surface area contributed by atoms with Gasteiger partial charge in [0.1, 0.15) is 0 Å². The van der Waals surface area contributed by atoms with Crippen molar-refractivity contribution in [2.24, 2.45) is 5.92 Å². The van der Waals surface area contributed by atoms with Crippen LogP contribution in [0.25, 0.3) is 0 Å². The molecule has 2 heterocycles. The molecule has 0 radical (unpaired) electrons. The number of benzene rings is 2. The number of carbonyl (C=O) groups excluding carboxylic acids is 2. The second kappa shape index (κ2) is 7.30. The van der Waals surface area contributed by atoms with E-state index in [9.17, 15) is 9.59 Å². The SMILES string of the molecule is CC1=C(C)C2C(=O)N(c3ccc(Cl)cc3)C(=O)N(Cc3ccc(C)cc3)C2S1. The summed E-state index contributed by atoms with van der Waals surface area (Å²) in [5.41, 5.74) is 3.81. The summed E-state index contributed by atoms with van der Waals surface area (Å²) in [6.45, 7) is 6.51. The van der Waals surface area contributed by atoms with E-state index in [1.54, 1.807) is 36.0 Å². The largest absolute Gasteiger partial charge is 0.332 e. The Morgan fingerprint density at radius 2 is 1.61 bits per heavy atom. The summed E-state index contributed by atoms with van der Waals surface area (Å²) in [5.74, 6) is -0.497. The van der Waals surface area contributed by atoms with E-state index in [0.717, 1.165) is 16.0 Å². The van der Waals surface area contributed by atoms with E-state index < -0.39 is 0 Å². The van der Waals surface area contributed by atoms with Crippen LogP contribution in [-0.4, -0.2) is 22.2 Å². The number of imide groups is 1. The maximum atomic E-state index is 13.4. The predicted molar refractivity (Wildman–Crippen MR) is 114 cm³/mol. The van der Waals surface area contributed by atoms with E-state index in [2.05, 4.69) is 0 Å². The van der Waals surface area contributed by atoms with Crippen molar-refractivity contribution in [2.75, 3.05) is 4.90 Å². The molecule has 0 bridgehead atoms. The molecule has 2 aromatic rings. The third-order valence-electron chi connectivity index (χ3n) is 5.39. The van der Waals surface area contributed by atoms with Crippen LogP contribution in [0.4, 0.5) is 10.5 Å². The van der Waals surface area contributed by atoms with Crippen molar-refractivity contribution in [3.05, 3.63) is 75.2 Å². The second-order valence-electron chi connectivity index (χ2n) is 7.27. The number of allylic oxidation sites excluding steroid dienone is 1. The lowest BCUT2D eigenvalue weighted by Gasteiger charge is -2.42. The molecule has 2 aliphatic rings. The zero-order chi connectivity index (χ0) is 20.0. The van der Waals surface area contributed by atoms with Gasteiger partial charge in [-0.25, -0.2) is 9.69 Å². The minimum Gasteiger partial charge on any atom is -0.306 e. The molecule has 2 unspecified atom stereocenters. The molecule has 3 amide bonds. The maximum absolute atomic E-state index is 13.4. The highest BCUT2D eigenvalue weighted by atomic mass is 35.5. The summed E-state index contributed by atoms with van der Waals surface area (Å²) in [5, 5.41) is 0.364. The molecule has 0 N–H and O–H groups in total. The van der Waals surface area contributed by atoms with Crippen LogP contribution in [0.5, 0.6) is 0 Å². The van der Waals surface area contributed by atoms with Gasteiger partial charge in [0.2, 0.25) is 5.91 Å². The van der Waals surface area contributed by atoms with E-state index in [-0.39, 0.29) is 23.2 Å². The first-order valence-corrected chi connectivity index (χ1v) is 10.4. The minimum atomic E-state index is -0.330. The molecular formula is C22H21ClN2O2S. The van der Waals surface area contributed by atoms with Gasteiger partial charge in [0.05, 0.1) is 17.0 Å². The van der Waals surface area contributed by atoms with Crippen LogP contribution in [0.1, 0.15) is 25.0 Å². The Morgan fingerprint density at radius 1 is 0.964 bits per heavy atom. The maximum Gasteiger partial charge on any atom is 0.332 e. The van der Waals surface area contributed by atoms with E-state index in [1.165, 1.54) is 10.5 Å². The van der Waals surface area contributed by atoms with Crippen LogP contribution in [-0.2, 0) is 11.3 Å². The van der Waals surface area contributed by atoms with Gasteiger partial charge >= 0.3 is 6.03 Å². The zero-order valence-corrected chi connectivity index (χ0v) is 17.6. The molecule has 0 spiro atoms. The topological polar surface area (TPSA) is 40.6 Å². The first-order chi connectivity index (χ1) is 13.4. The highest BCUT2D eigenvalue weighted by Gasteiger charge is 2.51.